The maximum Gasteiger partial charge on any atom is 0.139 e. The highest BCUT2D eigenvalue weighted by Crippen LogP contribution is 2.31. The van der Waals surface area contributed by atoms with Gasteiger partial charge in [0, 0.05) is 15.7 Å². The average molecular weight is 385 g/mol. The van der Waals surface area contributed by atoms with E-state index in [1.54, 1.807) is 0 Å². The minimum Gasteiger partial charge on any atom is -0.492 e. The third-order valence-electron chi connectivity index (χ3n) is 2.74. The Morgan fingerprint density at radius 3 is 2.53 bits per heavy atom. The highest BCUT2D eigenvalue weighted by Gasteiger charge is 2.24. The van der Waals surface area contributed by atoms with Crippen molar-refractivity contribution in [3.63, 3.8) is 0 Å². The van der Waals surface area contributed by atoms with Crippen LogP contribution in [-0.4, -0.2) is 11.9 Å². The van der Waals surface area contributed by atoms with E-state index in [-0.39, 0.29) is 5.41 Å². The number of hydrogen-bond acceptors (Lipinski definition) is 1. The number of benzene rings is 1. The van der Waals surface area contributed by atoms with Crippen molar-refractivity contribution in [3.8, 4) is 5.75 Å². The predicted molar refractivity (Wildman–Crippen MR) is 81.4 cm³/mol. The molecule has 0 aliphatic rings. The number of ether oxygens (including phenoxy) is 1. The zero-order valence-electron chi connectivity index (χ0n) is 10.3. The Balaban J connectivity index is 2.69. The van der Waals surface area contributed by atoms with Crippen molar-refractivity contribution in [2.45, 2.75) is 20.8 Å². The van der Waals surface area contributed by atoms with E-state index < -0.39 is 0 Å². The van der Waals surface area contributed by atoms with E-state index in [0.717, 1.165) is 15.6 Å². The smallest absolute Gasteiger partial charge is 0.139 e. The van der Waals surface area contributed by atoms with Crippen LogP contribution in [0.4, 0.5) is 0 Å². The molecule has 17 heavy (non-hydrogen) atoms. The van der Waals surface area contributed by atoms with Crippen LogP contribution in [0, 0.1) is 11.3 Å². The predicted octanol–water partition coefficient (Wildman–Crippen LogP) is 5.54. The van der Waals surface area contributed by atoms with Crippen molar-refractivity contribution in [1.82, 2.24) is 0 Å². The van der Waals surface area contributed by atoms with Gasteiger partial charge in [0.15, 0.2) is 0 Å². The molecule has 1 aromatic rings. The molecule has 0 radical (unpaired) electrons. The Kier molecular flexibility index (Phi) is 5.81. The Morgan fingerprint density at radius 1 is 1.35 bits per heavy atom. The minimum atomic E-state index is 0.210. The van der Waals surface area contributed by atoms with E-state index in [0.29, 0.717) is 17.5 Å². The molecule has 1 unspecified atom stereocenters. The van der Waals surface area contributed by atoms with Crippen molar-refractivity contribution in [3.05, 3.63) is 27.7 Å². The van der Waals surface area contributed by atoms with E-state index in [1.165, 1.54) is 0 Å². The van der Waals surface area contributed by atoms with Gasteiger partial charge in [-0.3, -0.25) is 0 Å². The molecular formula is C13H17Br2ClO. The van der Waals surface area contributed by atoms with Gasteiger partial charge in [0.2, 0.25) is 0 Å². The normalized spacial score (nSPS) is 13.5. The molecule has 0 amide bonds. The van der Waals surface area contributed by atoms with Crippen LogP contribution in [0.25, 0.3) is 0 Å². The standard InChI is InChI=1S/C13H17Br2ClO/c1-13(2,3)9(7-14)8-17-12-6-10(15)4-5-11(12)16/h4-6,9H,7-8H2,1-3H3. The Morgan fingerprint density at radius 2 is 2.00 bits per heavy atom. The molecule has 0 saturated carbocycles. The van der Waals surface area contributed by atoms with Gasteiger partial charge in [-0.05, 0) is 23.6 Å². The molecule has 0 N–H and O–H groups in total. The first-order valence-electron chi connectivity index (χ1n) is 5.48. The van der Waals surface area contributed by atoms with Gasteiger partial charge >= 0.3 is 0 Å². The summed E-state index contributed by atoms with van der Waals surface area (Å²) < 4.78 is 6.78. The molecule has 0 bridgehead atoms. The van der Waals surface area contributed by atoms with E-state index in [1.807, 2.05) is 18.2 Å². The van der Waals surface area contributed by atoms with Gasteiger partial charge in [-0.15, -0.1) is 0 Å². The van der Waals surface area contributed by atoms with Crippen LogP contribution in [0.15, 0.2) is 22.7 Å². The number of alkyl halides is 1. The van der Waals surface area contributed by atoms with Gasteiger partial charge < -0.3 is 4.74 Å². The lowest BCUT2D eigenvalue weighted by atomic mass is 9.83. The van der Waals surface area contributed by atoms with Gasteiger partial charge in [0.05, 0.1) is 11.6 Å². The van der Waals surface area contributed by atoms with Gasteiger partial charge in [0.25, 0.3) is 0 Å². The van der Waals surface area contributed by atoms with Crippen LogP contribution in [-0.2, 0) is 0 Å². The fourth-order valence-corrected chi connectivity index (χ4v) is 2.97. The lowest BCUT2D eigenvalue weighted by molar-refractivity contribution is 0.166. The molecule has 0 spiro atoms. The monoisotopic (exact) mass is 382 g/mol. The second-order valence-corrected chi connectivity index (χ2v) is 7.07. The number of hydrogen-bond donors (Lipinski definition) is 0. The van der Waals surface area contributed by atoms with Crippen LogP contribution < -0.4 is 4.74 Å². The fourth-order valence-electron chi connectivity index (χ4n) is 1.30. The lowest BCUT2D eigenvalue weighted by Crippen LogP contribution is -2.27. The van der Waals surface area contributed by atoms with Gasteiger partial charge in [-0.2, -0.15) is 0 Å². The highest BCUT2D eigenvalue weighted by atomic mass is 79.9. The average Bonchev–Trinajstić information content (AvgIpc) is 2.22. The second kappa shape index (κ2) is 6.44. The minimum absolute atomic E-state index is 0.210. The molecule has 1 aromatic carbocycles. The Labute approximate surface area is 125 Å². The molecule has 1 rings (SSSR count). The quantitative estimate of drug-likeness (QED) is 0.620. The highest BCUT2D eigenvalue weighted by molar-refractivity contribution is 9.10. The van der Waals surface area contributed by atoms with E-state index >= 15 is 0 Å². The maximum absolute atomic E-state index is 6.08. The molecule has 1 atom stereocenters. The van der Waals surface area contributed by atoms with Gasteiger partial charge in [-0.25, -0.2) is 0 Å². The first-order valence-corrected chi connectivity index (χ1v) is 7.77. The van der Waals surface area contributed by atoms with Crippen LogP contribution in [0.3, 0.4) is 0 Å². The SMILES string of the molecule is CC(C)(C)C(CBr)COc1cc(Br)ccc1Cl. The topological polar surface area (TPSA) is 9.23 Å². The fraction of sp³-hybridized carbons (Fsp3) is 0.538. The molecule has 4 heteroatoms. The zero-order valence-corrected chi connectivity index (χ0v) is 14.2. The third-order valence-corrected chi connectivity index (χ3v) is 4.33. The lowest BCUT2D eigenvalue weighted by Gasteiger charge is -2.29. The van der Waals surface area contributed by atoms with Crippen LogP contribution in [0.1, 0.15) is 20.8 Å². The molecular weight excluding hydrogens is 367 g/mol. The van der Waals surface area contributed by atoms with Crippen LogP contribution >= 0.6 is 43.5 Å². The largest absolute Gasteiger partial charge is 0.492 e. The summed E-state index contributed by atoms with van der Waals surface area (Å²) in [4.78, 5) is 0. The summed E-state index contributed by atoms with van der Waals surface area (Å²) in [5, 5.41) is 1.57. The van der Waals surface area contributed by atoms with Crippen molar-refractivity contribution >= 4 is 43.5 Å². The van der Waals surface area contributed by atoms with E-state index in [4.69, 9.17) is 16.3 Å². The summed E-state index contributed by atoms with van der Waals surface area (Å²) in [6.07, 6.45) is 0. The summed E-state index contributed by atoms with van der Waals surface area (Å²) in [6, 6.07) is 5.64. The molecule has 96 valence electrons. The third kappa shape index (κ3) is 4.80. The second-order valence-electron chi connectivity index (χ2n) is 5.10. The van der Waals surface area contributed by atoms with Crippen molar-refractivity contribution < 1.29 is 4.74 Å². The number of rotatable bonds is 4. The summed E-state index contributed by atoms with van der Waals surface area (Å²) in [5.41, 5.74) is 0.210. The molecule has 0 aliphatic heterocycles. The first kappa shape index (κ1) is 15.3. The Bertz CT molecular complexity index is 374. The molecule has 0 fully saturated rings. The van der Waals surface area contributed by atoms with Crippen molar-refractivity contribution in [2.75, 3.05) is 11.9 Å². The zero-order chi connectivity index (χ0) is 13.1. The van der Waals surface area contributed by atoms with Crippen LogP contribution in [0.5, 0.6) is 5.75 Å². The van der Waals surface area contributed by atoms with Gasteiger partial charge in [0.1, 0.15) is 5.75 Å². The summed E-state index contributed by atoms with van der Waals surface area (Å²) >= 11 is 13.0. The van der Waals surface area contributed by atoms with Crippen LogP contribution in [0.2, 0.25) is 5.02 Å². The molecule has 0 saturated heterocycles. The molecule has 0 aromatic heterocycles. The molecule has 0 heterocycles. The van der Waals surface area contributed by atoms with E-state index in [9.17, 15) is 0 Å². The maximum atomic E-state index is 6.08. The van der Waals surface area contributed by atoms with Crippen molar-refractivity contribution in [2.24, 2.45) is 11.3 Å². The summed E-state index contributed by atoms with van der Waals surface area (Å²) in [5.74, 6) is 1.17. The summed E-state index contributed by atoms with van der Waals surface area (Å²) in [7, 11) is 0. The van der Waals surface area contributed by atoms with E-state index in [2.05, 4.69) is 52.6 Å². The molecule has 1 nitrogen and oxygen atoms in total. The first-order chi connectivity index (χ1) is 7.84. The summed E-state index contributed by atoms with van der Waals surface area (Å²) in [6.45, 7) is 7.30. The molecule has 0 aliphatic carbocycles. The Hall–Kier alpha value is 0.270. The van der Waals surface area contributed by atoms with Gasteiger partial charge in [-0.1, -0.05) is 64.2 Å². The number of halogens is 3. The van der Waals surface area contributed by atoms with Crippen molar-refractivity contribution in [1.29, 1.82) is 0 Å².